The molecule has 0 aliphatic carbocycles. The van der Waals surface area contributed by atoms with Gasteiger partial charge in [0.2, 0.25) is 15.0 Å². The van der Waals surface area contributed by atoms with Gasteiger partial charge < -0.3 is 5.32 Å². The van der Waals surface area contributed by atoms with Crippen molar-refractivity contribution in [1.29, 1.82) is 0 Å². The summed E-state index contributed by atoms with van der Waals surface area (Å²) in [6.07, 6.45) is 1.40. The number of halogens is 1. The number of fused-ring (bicyclic) bond motifs is 1. The van der Waals surface area contributed by atoms with Gasteiger partial charge in [0.25, 0.3) is 0 Å². The van der Waals surface area contributed by atoms with Crippen molar-refractivity contribution in [2.75, 3.05) is 5.32 Å². The highest BCUT2D eigenvalue weighted by molar-refractivity contribution is 7.91. The summed E-state index contributed by atoms with van der Waals surface area (Å²) >= 11 is 1.13. The maximum atomic E-state index is 13.1. The number of aromatic nitrogens is 3. The second-order valence-corrected chi connectivity index (χ2v) is 8.04. The average molecular weight is 386 g/mol. The molecule has 0 spiro atoms. The van der Waals surface area contributed by atoms with E-state index in [1.807, 2.05) is 18.2 Å². The van der Waals surface area contributed by atoms with Gasteiger partial charge in [0.15, 0.2) is 5.03 Å². The molecule has 4 rings (SSSR count). The molecule has 0 radical (unpaired) electrons. The van der Waals surface area contributed by atoms with Crippen molar-refractivity contribution in [3.8, 4) is 0 Å². The topological polar surface area (TPSA) is 84.8 Å². The Morgan fingerprint density at radius 1 is 1.04 bits per heavy atom. The number of sulfone groups is 1. The molecule has 0 atom stereocenters. The van der Waals surface area contributed by atoms with E-state index in [9.17, 15) is 12.8 Å². The van der Waals surface area contributed by atoms with Gasteiger partial charge in [-0.25, -0.2) is 22.8 Å². The summed E-state index contributed by atoms with van der Waals surface area (Å²) in [7, 11) is -3.90. The van der Waals surface area contributed by atoms with Gasteiger partial charge in [0.1, 0.15) is 18.0 Å². The Morgan fingerprint density at radius 3 is 2.54 bits per heavy atom. The van der Waals surface area contributed by atoms with Gasteiger partial charge in [-0.1, -0.05) is 24.3 Å². The van der Waals surface area contributed by atoms with Gasteiger partial charge in [0, 0.05) is 16.9 Å². The van der Waals surface area contributed by atoms with Crippen molar-refractivity contribution in [2.45, 2.75) is 9.92 Å². The van der Waals surface area contributed by atoms with Crippen molar-refractivity contribution >= 4 is 43.1 Å². The number of hydrogen-bond acceptors (Lipinski definition) is 7. The smallest absolute Gasteiger partial charge is 0.223 e. The number of anilines is 2. The van der Waals surface area contributed by atoms with Crippen LogP contribution in [0.3, 0.4) is 0 Å². The molecule has 0 saturated heterocycles. The summed E-state index contributed by atoms with van der Waals surface area (Å²) < 4.78 is 42.9. The molecule has 26 heavy (non-hydrogen) atoms. The average Bonchev–Trinajstić information content (AvgIpc) is 3.15. The molecule has 0 fully saturated rings. The zero-order valence-corrected chi connectivity index (χ0v) is 14.8. The number of nitrogens with zero attached hydrogens (tertiary/aromatic N) is 3. The third kappa shape index (κ3) is 3.02. The quantitative estimate of drug-likeness (QED) is 0.537. The van der Waals surface area contributed by atoms with Crippen LogP contribution >= 0.6 is 11.5 Å². The second kappa shape index (κ2) is 6.43. The lowest BCUT2D eigenvalue weighted by Crippen LogP contribution is -2.07. The Bertz CT molecular complexity index is 1180. The Morgan fingerprint density at radius 2 is 1.81 bits per heavy atom. The van der Waals surface area contributed by atoms with Crippen molar-refractivity contribution in [2.24, 2.45) is 0 Å². The number of pyridine rings is 1. The van der Waals surface area contributed by atoms with Crippen molar-refractivity contribution in [3.05, 3.63) is 66.7 Å². The van der Waals surface area contributed by atoms with Crippen LogP contribution in [0.2, 0.25) is 0 Å². The fourth-order valence-electron chi connectivity index (χ4n) is 2.47. The summed E-state index contributed by atoms with van der Waals surface area (Å²) in [5, 5.41) is 4.83. The molecule has 6 nitrogen and oxygen atoms in total. The zero-order valence-electron chi connectivity index (χ0n) is 13.1. The predicted molar refractivity (Wildman–Crippen MR) is 96.8 cm³/mol. The molecule has 2 heterocycles. The maximum Gasteiger partial charge on any atom is 0.223 e. The van der Waals surface area contributed by atoms with Crippen LogP contribution in [-0.2, 0) is 9.84 Å². The van der Waals surface area contributed by atoms with E-state index in [0.29, 0.717) is 16.3 Å². The molecule has 0 saturated carbocycles. The first-order chi connectivity index (χ1) is 12.5. The van der Waals surface area contributed by atoms with Gasteiger partial charge in [-0.3, -0.25) is 0 Å². The number of hydrogen-bond donors (Lipinski definition) is 1. The molecule has 4 aromatic rings. The first kappa shape index (κ1) is 16.6. The molecule has 9 heteroatoms. The minimum absolute atomic E-state index is 0.0245. The van der Waals surface area contributed by atoms with Crippen LogP contribution in [0.1, 0.15) is 0 Å². The van der Waals surface area contributed by atoms with E-state index < -0.39 is 15.7 Å². The number of nitrogens with one attached hydrogen (secondary N) is 1. The summed E-state index contributed by atoms with van der Waals surface area (Å²) in [5.41, 5.74) is 0. The van der Waals surface area contributed by atoms with Gasteiger partial charge in [-0.15, -0.1) is 0 Å². The van der Waals surface area contributed by atoms with E-state index in [4.69, 9.17) is 0 Å². The third-order valence-electron chi connectivity index (χ3n) is 3.70. The Kier molecular flexibility index (Phi) is 4.09. The fraction of sp³-hybridized carbons (Fsp3) is 0. The molecule has 0 unspecified atom stereocenters. The summed E-state index contributed by atoms with van der Waals surface area (Å²) in [5.74, 6) is -0.144. The highest BCUT2D eigenvalue weighted by Gasteiger charge is 2.21. The summed E-state index contributed by atoms with van der Waals surface area (Å²) in [6, 6.07) is 13.4. The van der Waals surface area contributed by atoms with Crippen LogP contribution in [0.4, 0.5) is 15.3 Å². The Balaban J connectivity index is 1.89. The minimum atomic E-state index is -3.90. The minimum Gasteiger partial charge on any atom is -0.314 e. The molecule has 2 aromatic heterocycles. The van der Waals surface area contributed by atoms with Crippen molar-refractivity contribution in [1.82, 2.24) is 14.3 Å². The monoisotopic (exact) mass is 386 g/mol. The van der Waals surface area contributed by atoms with E-state index in [0.717, 1.165) is 29.1 Å². The molecule has 2 aromatic carbocycles. The fourth-order valence-corrected chi connectivity index (χ4v) is 4.13. The van der Waals surface area contributed by atoms with Crippen LogP contribution in [0.15, 0.2) is 70.8 Å². The van der Waals surface area contributed by atoms with Gasteiger partial charge in [-0.05, 0) is 35.7 Å². The Labute approximate surface area is 152 Å². The van der Waals surface area contributed by atoms with Gasteiger partial charge in [0.05, 0.1) is 4.90 Å². The summed E-state index contributed by atoms with van der Waals surface area (Å²) in [4.78, 5) is 8.31. The first-order valence-electron chi connectivity index (χ1n) is 7.48. The van der Waals surface area contributed by atoms with Crippen LogP contribution in [-0.4, -0.2) is 22.8 Å². The third-order valence-corrected chi connectivity index (χ3v) is 5.94. The molecule has 130 valence electrons. The molecule has 0 aliphatic rings. The molecular formula is C17H11FN4O2S2. The van der Waals surface area contributed by atoms with Crippen molar-refractivity contribution < 1.29 is 12.8 Å². The maximum absolute atomic E-state index is 13.1. The lowest BCUT2D eigenvalue weighted by Gasteiger charge is -2.10. The van der Waals surface area contributed by atoms with Gasteiger partial charge >= 0.3 is 0 Å². The molecule has 0 amide bonds. The standard InChI is InChI=1S/C17H11FN4O2S2/c18-12-5-7-13(8-6-12)26(23,24)15-9-11-3-1-2-4-14(11)16(21-15)22-17-19-10-20-25-17/h1-10H,(H,19,20,21,22). The molecule has 0 bridgehead atoms. The van der Waals surface area contributed by atoms with Crippen LogP contribution in [0, 0.1) is 5.82 Å². The highest BCUT2D eigenvalue weighted by Crippen LogP contribution is 2.29. The normalized spacial score (nSPS) is 11.6. The number of benzene rings is 2. The molecular weight excluding hydrogens is 375 g/mol. The van der Waals surface area contributed by atoms with E-state index in [1.54, 1.807) is 6.07 Å². The largest absolute Gasteiger partial charge is 0.314 e. The number of rotatable bonds is 4. The van der Waals surface area contributed by atoms with E-state index in [-0.39, 0.29) is 9.92 Å². The summed E-state index contributed by atoms with van der Waals surface area (Å²) in [6.45, 7) is 0. The van der Waals surface area contributed by atoms with Crippen molar-refractivity contribution in [3.63, 3.8) is 0 Å². The zero-order chi connectivity index (χ0) is 18.1. The SMILES string of the molecule is O=S(=O)(c1ccc(F)cc1)c1cc2ccccc2c(Nc2ncns2)n1. The highest BCUT2D eigenvalue weighted by atomic mass is 32.2. The van der Waals surface area contributed by atoms with Crippen LogP contribution < -0.4 is 5.32 Å². The first-order valence-corrected chi connectivity index (χ1v) is 9.74. The Hall–Kier alpha value is -2.91. The predicted octanol–water partition coefficient (Wildman–Crippen LogP) is 3.80. The lowest BCUT2D eigenvalue weighted by molar-refractivity contribution is 0.591. The van der Waals surface area contributed by atoms with Crippen LogP contribution in [0.5, 0.6) is 0 Å². The molecule has 0 aliphatic heterocycles. The van der Waals surface area contributed by atoms with E-state index in [1.165, 1.54) is 24.5 Å². The van der Waals surface area contributed by atoms with Crippen LogP contribution in [0.25, 0.3) is 10.8 Å². The van der Waals surface area contributed by atoms with E-state index >= 15 is 0 Å². The van der Waals surface area contributed by atoms with Gasteiger partial charge in [-0.2, -0.15) is 4.37 Å². The second-order valence-electron chi connectivity index (χ2n) is 5.36. The van der Waals surface area contributed by atoms with E-state index in [2.05, 4.69) is 19.7 Å². The molecule has 1 N–H and O–H groups in total. The lowest BCUT2D eigenvalue weighted by atomic mass is 10.1.